The summed E-state index contributed by atoms with van der Waals surface area (Å²) >= 11 is 0. The fourth-order valence-electron chi connectivity index (χ4n) is 15.7. The first-order chi connectivity index (χ1) is 57.1. The summed E-state index contributed by atoms with van der Waals surface area (Å²) in [6, 6.07) is 0. The first-order valence-corrected chi connectivity index (χ1v) is 49.0. The number of allylic oxidation sites excluding steroid dienone is 4. The Balaban J connectivity index is 1.92. The Bertz CT molecular complexity index is 2570. The molecule has 10 N–H and O–H groups in total. The number of ether oxygens (including phenoxy) is 8. The number of phosphoric acid groups is 1. The minimum Gasteiger partial charge on any atom is -0.463 e. The van der Waals surface area contributed by atoms with E-state index in [4.69, 9.17) is 46.9 Å². The van der Waals surface area contributed by atoms with Crippen molar-refractivity contribution in [2.24, 2.45) is 5.92 Å². The molecule has 692 valence electrons. The first kappa shape index (κ1) is 109. The van der Waals surface area contributed by atoms with E-state index in [1.807, 2.05) is 0 Å². The van der Waals surface area contributed by atoms with Crippen molar-refractivity contribution in [2.45, 2.75) is 505 Å². The summed E-state index contributed by atoms with van der Waals surface area (Å²) in [4.78, 5) is 66.5. The van der Waals surface area contributed by atoms with Gasteiger partial charge in [-0.1, -0.05) is 322 Å². The summed E-state index contributed by atoms with van der Waals surface area (Å²) in [5.41, 5.74) is 0. The maximum absolute atomic E-state index is 14.9. The molecule has 2 aliphatic heterocycles. The SMILES string of the molecule is CCCCCC/C=C\CCCCCCCCCC(=O)OC(COC(=O)CCCCCCCCCCCCCCC)COP(=O)(O)OC1C(OC2OC(CO)C(O)C(O)C2O)C(O)C(O)C(OC(=O)CCCCCCCCC/C=C\CCCCCC)C1OC1OC(COC(=O)CCCCCCCCC(C)CCCCCCCC)C(O)C(O)C1O. The molecule has 25 nitrogen and oxygen atoms in total. The van der Waals surface area contributed by atoms with Crippen molar-refractivity contribution in [3.05, 3.63) is 24.3 Å². The Hall–Kier alpha value is -3.05. The van der Waals surface area contributed by atoms with Crippen LogP contribution in [0.1, 0.15) is 401 Å². The fraction of sp³-hybridized carbons (Fsp3) is 0.913. The van der Waals surface area contributed by atoms with Crippen LogP contribution < -0.4 is 0 Å². The molecule has 3 aliphatic rings. The van der Waals surface area contributed by atoms with Gasteiger partial charge in [-0.2, -0.15) is 0 Å². The Morgan fingerprint density at radius 3 is 1.10 bits per heavy atom. The molecule has 0 radical (unpaired) electrons. The van der Waals surface area contributed by atoms with Gasteiger partial charge in [-0.25, -0.2) is 4.57 Å². The monoisotopic (exact) mass is 1710 g/mol. The van der Waals surface area contributed by atoms with Crippen LogP contribution in [0.4, 0.5) is 0 Å². The molecular weight excluding hydrogens is 1540 g/mol. The highest BCUT2D eigenvalue weighted by Gasteiger charge is 2.60. The lowest BCUT2D eigenvalue weighted by atomic mass is 9.84. The predicted molar refractivity (Wildman–Crippen MR) is 458 cm³/mol. The maximum atomic E-state index is 14.9. The molecule has 0 aromatic carbocycles. The summed E-state index contributed by atoms with van der Waals surface area (Å²) in [7, 11) is -5.81. The number of hydrogen-bond acceptors (Lipinski definition) is 24. The number of phosphoric ester groups is 1. The second-order valence-corrected chi connectivity index (χ2v) is 35.6. The van der Waals surface area contributed by atoms with E-state index in [1.54, 1.807) is 0 Å². The van der Waals surface area contributed by atoms with E-state index in [0.717, 1.165) is 154 Å². The van der Waals surface area contributed by atoms with Gasteiger partial charge in [0.1, 0.15) is 92.6 Å². The van der Waals surface area contributed by atoms with Gasteiger partial charge in [0.25, 0.3) is 0 Å². The summed E-state index contributed by atoms with van der Waals surface area (Å²) < 4.78 is 73.5. The van der Waals surface area contributed by atoms with Gasteiger partial charge in [-0.3, -0.25) is 28.2 Å². The molecule has 1 saturated carbocycles. The Kier molecular flexibility index (Phi) is 64.9. The van der Waals surface area contributed by atoms with Gasteiger partial charge in [-0.05, 0) is 83.0 Å². The Morgan fingerprint density at radius 2 is 0.686 bits per heavy atom. The summed E-state index contributed by atoms with van der Waals surface area (Å²) in [5.74, 6) is -2.29. The van der Waals surface area contributed by atoms with E-state index in [2.05, 4.69) is 58.9 Å². The van der Waals surface area contributed by atoms with Crippen LogP contribution in [0.2, 0.25) is 0 Å². The Labute approximate surface area is 711 Å². The Morgan fingerprint density at radius 1 is 0.356 bits per heavy atom. The van der Waals surface area contributed by atoms with Crippen LogP contribution in [0.3, 0.4) is 0 Å². The second-order valence-electron chi connectivity index (χ2n) is 34.1. The predicted octanol–water partition coefficient (Wildman–Crippen LogP) is 17.6. The van der Waals surface area contributed by atoms with Gasteiger partial charge >= 0.3 is 31.7 Å². The van der Waals surface area contributed by atoms with E-state index in [0.29, 0.717) is 44.4 Å². The number of rotatable bonds is 76. The van der Waals surface area contributed by atoms with Crippen molar-refractivity contribution in [2.75, 3.05) is 26.4 Å². The van der Waals surface area contributed by atoms with Crippen molar-refractivity contribution >= 4 is 31.7 Å². The lowest BCUT2D eigenvalue weighted by Crippen LogP contribution is -2.70. The van der Waals surface area contributed by atoms with E-state index < -0.39 is 162 Å². The quantitative estimate of drug-likeness (QED) is 0.00889. The molecule has 2 heterocycles. The number of hydrogen-bond donors (Lipinski definition) is 10. The molecule has 0 aromatic rings. The molecule has 0 bridgehead atoms. The van der Waals surface area contributed by atoms with Gasteiger partial charge in [-0.15, -0.1) is 0 Å². The summed E-state index contributed by atoms with van der Waals surface area (Å²) in [6.07, 6.45) is 28.8. The molecule has 0 amide bonds. The number of aliphatic hydroxyl groups excluding tert-OH is 9. The molecule has 26 heteroatoms. The third kappa shape index (κ3) is 50.2. The van der Waals surface area contributed by atoms with Crippen LogP contribution in [-0.2, 0) is 70.7 Å². The molecule has 2 saturated heterocycles. The third-order valence-corrected chi connectivity index (χ3v) is 24.3. The highest BCUT2D eigenvalue weighted by Crippen LogP contribution is 2.49. The molecule has 0 spiro atoms. The van der Waals surface area contributed by atoms with Gasteiger partial charge in [0.15, 0.2) is 24.8 Å². The fourth-order valence-corrected chi connectivity index (χ4v) is 16.6. The zero-order valence-corrected chi connectivity index (χ0v) is 74.8. The average Bonchev–Trinajstić information content (AvgIpc) is 0.755. The zero-order valence-electron chi connectivity index (χ0n) is 73.9. The smallest absolute Gasteiger partial charge is 0.463 e. The van der Waals surface area contributed by atoms with E-state index in [-0.39, 0.29) is 25.7 Å². The third-order valence-electron chi connectivity index (χ3n) is 23.3. The molecule has 19 atom stereocenters. The molecule has 1 aliphatic carbocycles. The van der Waals surface area contributed by atoms with Gasteiger partial charge in [0, 0.05) is 25.7 Å². The standard InChI is InChI=1S/C92H169O25P/c1-6-10-14-18-22-25-28-31-33-36-39-42-45-53-59-65-77(96)111-72(68-108-75(94)63-57-51-44-41-38-35-30-27-24-20-16-12-8-3)69-110-118(106,107)117-90-88(115-91-85(104)81(100)79(98)73(67-93)112-91)84(103)83(102)87(114-78(97)66-60-54-46-43-40-37-34-32-29-26-23-19-15-11-7-2)89(90)116-92-86(105)82(101)80(99)74(113-92)70-109-76(95)64-58-52-48-47-50-56-62-71(5)61-55-49-21-17-13-9-4/h25-26,28-29,71-74,79-93,98-105H,6-24,27,30-70H2,1-5H3,(H,106,107)/b28-25-,29-26-. The van der Waals surface area contributed by atoms with Crippen molar-refractivity contribution in [3.63, 3.8) is 0 Å². The number of carbonyl (C=O) groups excluding carboxylic acids is 4. The van der Waals surface area contributed by atoms with Crippen molar-refractivity contribution in [3.8, 4) is 0 Å². The highest BCUT2D eigenvalue weighted by molar-refractivity contribution is 7.47. The normalized spacial score (nSPS) is 25.3. The molecule has 118 heavy (non-hydrogen) atoms. The maximum Gasteiger partial charge on any atom is 0.472 e. The summed E-state index contributed by atoms with van der Waals surface area (Å²) in [5, 5.41) is 102. The molecular formula is C92H169O25P. The first-order valence-electron chi connectivity index (χ1n) is 47.5. The molecule has 0 aromatic heterocycles. The second kappa shape index (κ2) is 70.2. The van der Waals surface area contributed by atoms with Crippen LogP contribution in [0, 0.1) is 5.92 Å². The van der Waals surface area contributed by atoms with Gasteiger partial charge < -0.3 is 88.7 Å². The van der Waals surface area contributed by atoms with Gasteiger partial charge in [0.2, 0.25) is 0 Å². The molecule has 19 unspecified atom stereocenters. The lowest BCUT2D eigenvalue weighted by Gasteiger charge is -2.50. The summed E-state index contributed by atoms with van der Waals surface area (Å²) in [6.45, 7) is 7.90. The van der Waals surface area contributed by atoms with Crippen molar-refractivity contribution in [1.82, 2.24) is 0 Å². The highest BCUT2D eigenvalue weighted by atomic mass is 31.2. The minimum atomic E-state index is -5.81. The van der Waals surface area contributed by atoms with Crippen LogP contribution >= 0.6 is 7.82 Å². The van der Waals surface area contributed by atoms with Crippen LogP contribution in [0.15, 0.2) is 24.3 Å². The minimum absolute atomic E-state index is 0.0141. The molecule has 3 fully saturated rings. The number of aliphatic hydroxyl groups is 9. The topological polar surface area (TPSA) is 380 Å². The van der Waals surface area contributed by atoms with Crippen LogP contribution in [-0.4, -0.2) is 205 Å². The lowest BCUT2D eigenvalue weighted by molar-refractivity contribution is -0.360. The number of esters is 4. The van der Waals surface area contributed by atoms with Crippen LogP contribution in [0.25, 0.3) is 0 Å². The van der Waals surface area contributed by atoms with Crippen molar-refractivity contribution in [1.29, 1.82) is 0 Å². The van der Waals surface area contributed by atoms with Gasteiger partial charge in [0.05, 0.1) is 13.2 Å². The van der Waals surface area contributed by atoms with E-state index >= 15 is 0 Å². The average molecular weight is 1710 g/mol. The van der Waals surface area contributed by atoms with E-state index in [9.17, 15) is 74.6 Å². The molecule has 3 rings (SSSR count). The van der Waals surface area contributed by atoms with Crippen LogP contribution in [0.5, 0.6) is 0 Å². The van der Waals surface area contributed by atoms with E-state index in [1.165, 1.54) is 148 Å². The number of unbranched alkanes of at least 4 members (excludes halogenated alkanes) is 44. The largest absolute Gasteiger partial charge is 0.472 e. The van der Waals surface area contributed by atoms with Crippen molar-refractivity contribution < 1.29 is 122 Å². The number of carbonyl (C=O) groups is 4. The zero-order chi connectivity index (χ0) is 86.2.